The van der Waals surface area contributed by atoms with E-state index in [0.717, 1.165) is 54.3 Å². The van der Waals surface area contributed by atoms with Gasteiger partial charge in [-0.05, 0) is 55.5 Å². The first-order valence-corrected chi connectivity index (χ1v) is 11.8. The normalized spacial score (nSPS) is 13.4. The van der Waals surface area contributed by atoms with Crippen molar-refractivity contribution in [2.24, 2.45) is 0 Å². The fourth-order valence-corrected chi connectivity index (χ4v) is 4.99. The Labute approximate surface area is 176 Å². The lowest BCUT2D eigenvalue weighted by atomic mass is 10.0. The standard InChI is InChI=1S/C23H25N3O3S/c1-2-3-14-24-30(28,29)17-9-6-8-16(15-17)25-23(27)22-18-10-4-5-12-20(18)26-21-13-7-11-19(21)22/h4-6,8-10,12,15,24H,2-3,7,11,13-14H2,1H3,(H,25,27). The maximum atomic E-state index is 13.3. The minimum absolute atomic E-state index is 0.140. The van der Waals surface area contributed by atoms with Gasteiger partial charge in [-0.1, -0.05) is 37.6 Å². The number of para-hydroxylation sites is 1. The molecule has 1 amide bonds. The van der Waals surface area contributed by atoms with Gasteiger partial charge in [0.25, 0.3) is 5.91 Å². The third-order valence-electron chi connectivity index (χ3n) is 5.37. The first-order chi connectivity index (χ1) is 14.5. The van der Waals surface area contributed by atoms with Crippen LogP contribution in [-0.4, -0.2) is 25.9 Å². The highest BCUT2D eigenvalue weighted by atomic mass is 32.2. The smallest absolute Gasteiger partial charge is 0.256 e. The van der Waals surface area contributed by atoms with Crippen molar-refractivity contribution >= 4 is 32.5 Å². The van der Waals surface area contributed by atoms with Crippen LogP contribution in [0.25, 0.3) is 10.9 Å². The lowest BCUT2D eigenvalue weighted by Crippen LogP contribution is -2.25. The topological polar surface area (TPSA) is 88.2 Å². The van der Waals surface area contributed by atoms with Crippen LogP contribution in [0.5, 0.6) is 0 Å². The molecule has 0 spiro atoms. The molecule has 6 nitrogen and oxygen atoms in total. The summed E-state index contributed by atoms with van der Waals surface area (Å²) in [5, 5.41) is 3.72. The fraction of sp³-hybridized carbons (Fsp3) is 0.304. The first-order valence-electron chi connectivity index (χ1n) is 10.3. The average molecular weight is 424 g/mol. The Morgan fingerprint density at radius 2 is 1.93 bits per heavy atom. The van der Waals surface area contributed by atoms with E-state index >= 15 is 0 Å². The molecule has 2 aromatic carbocycles. The van der Waals surface area contributed by atoms with Crippen LogP contribution in [-0.2, 0) is 22.9 Å². The van der Waals surface area contributed by atoms with Gasteiger partial charge in [-0.3, -0.25) is 9.78 Å². The number of rotatable bonds is 7. The molecule has 0 bridgehead atoms. The van der Waals surface area contributed by atoms with Crippen LogP contribution >= 0.6 is 0 Å². The van der Waals surface area contributed by atoms with Crippen molar-refractivity contribution < 1.29 is 13.2 Å². The van der Waals surface area contributed by atoms with E-state index in [9.17, 15) is 13.2 Å². The molecule has 156 valence electrons. The van der Waals surface area contributed by atoms with E-state index in [2.05, 4.69) is 10.0 Å². The van der Waals surface area contributed by atoms with Crippen LogP contribution in [0, 0.1) is 0 Å². The molecule has 0 aliphatic heterocycles. The molecule has 1 aliphatic carbocycles. The van der Waals surface area contributed by atoms with Crippen LogP contribution in [0.4, 0.5) is 5.69 Å². The second-order valence-electron chi connectivity index (χ2n) is 7.52. The van der Waals surface area contributed by atoms with Crippen LogP contribution in [0.1, 0.15) is 47.8 Å². The highest BCUT2D eigenvalue weighted by molar-refractivity contribution is 7.89. The summed E-state index contributed by atoms with van der Waals surface area (Å²) in [5.41, 5.74) is 3.87. The quantitative estimate of drug-likeness (QED) is 0.561. The maximum absolute atomic E-state index is 13.3. The molecule has 0 unspecified atom stereocenters. The minimum Gasteiger partial charge on any atom is -0.322 e. The number of sulfonamides is 1. The summed E-state index contributed by atoms with van der Waals surface area (Å²) in [5.74, 6) is -0.236. The molecular weight excluding hydrogens is 398 g/mol. The van der Waals surface area contributed by atoms with Gasteiger partial charge in [0.2, 0.25) is 10.0 Å². The number of nitrogens with one attached hydrogen (secondary N) is 2. The predicted octanol–water partition coefficient (Wildman–Crippen LogP) is 4.05. The molecule has 0 fully saturated rings. The third-order valence-corrected chi connectivity index (χ3v) is 6.83. The van der Waals surface area contributed by atoms with E-state index in [1.807, 2.05) is 31.2 Å². The number of benzene rings is 2. The number of fused-ring (bicyclic) bond motifs is 2. The van der Waals surface area contributed by atoms with E-state index in [4.69, 9.17) is 4.98 Å². The van der Waals surface area contributed by atoms with Crippen molar-refractivity contribution in [3.63, 3.8) is 0 Å². The summed E-state index contributed by atoms with van der Waals surface area (Å²) >= 11 is 0. The molecule has 0 saturated carbocycles. The number of unbranched alkanes of at least 4 members (excludes halogenated alkanes) is 1. The van der Waals surface area contributed by atoms with Gasteiger partial charge in [-0.2, -0.15) is 0 Å². The summed E-state index contributed by atoms with van der Waals surface area (Å²) < 4.78 is 27.6. The lowest BCUT2D eigenvalue weighted by molar-refractivity contribution is 0.102. The Morgan fingerprint density at radius 1 is 1.10 bits per heavy atom. The number of carbonyl (C=O) groups is 1. The van der Waals surface area contributed by atoms with Crippen molar-refractivity contribution in [1.29, 1.82) is 0 Å². The Kier molecular flexibility index (Phi) is 5.83. The van der Waals surface area contributed by atoms with Crippen LogP contribution in [0.3, 0.4) is 0 Å². The van der Waals surface area contributed by atoms with Gasteiger partial charge in [0.1, 0.15) is 0 Å². The van der Waals surface area contributed by atoms with Crippen molar-refractivity contribution in [1.82, 2.24) is 9.71 Å². The summed E-state index contributed by atoms with van der Waals surface area (Å²) in [6, 6.07) is 14.0. The fourth-order valence-electron chi connectivity index (χ4n) is 3.87. The molecule has 1 aromatic heterocycles. The summed E-state index contributed by atoms with van der Waals surface area (Å²) in [7, 11) is -3.61. The molecule has 7 heteroatoms. The highest BCUT2D eigenvalue weighted by Crippen LogP contribution is 2.30. The maximum Gasteiger partial charge on any atom is 0.256 e. The van der Waals surface area contributed by atoms with Crippen LogP contribution in [0.2, 0.25) is 0 Å². The number of aromatic nitrogens is 1. The molecule has 0 atom stereocenters. The Bertz CT molecular complexity index is 1210. The summed E-state index contributed by atoms with van der Waals surface area (Å²) in [6.07, 6.45) is 4.36. The molecule has 30 heavy (non-hydrogen) atoms. The zero-order valence-electron chi connectivity index (χ0n) is 16.9. The number of hydrogen-bond donors (Lipinski definition) is 2. The molecule has 1 aliphatic rings. The van der Waals surface area contributed by atoms with Gasteiger partial charge >= 0.3 is 0 Å². The minimum atomic E-state index is -3.61. The number of hydrogen-bond acceptors (Lipinski definition) is 4. The van der Waals surface area contributed by atoms with Gasteiger partial charge in [-0.15, -0.1) is 0 Å². The molecule has 4 rings (SSSR count). The SMILES string of the molecule is CCCCNS(=O)(=O)c1cccc(NC(=O)c2c3c(nc4ccccc24)CCC3)c1. The number of nitrogens with zero attached hydrogens (tertiary/aromatic N) is 1. The van der Waals surface area contributed by atoms with Crippen molar-refractivity contribution in [3.05, 3.63) is 65.4 Å². The summed E-state index contributed by atoms with van der Waals surface area (Å²) in [6.45, 7) is 2.40. The molecule has 1 heterocycles. The number of carbonyl (C=O) groups excluding carboxylic acids is 1. The second kappa shape index (κ2) is 8.53. The van der Waals surface area contributed by atoms with Gasteiger partial charge in [0.05, 0.1) is 16.0 Å². The van der Waals surface area contributed by atoms with Gasteiger partial charge in [0, 0.05) is 23.3 Å². The van der Waals surface area contributed by atoms with Gasteiger partial charge in [0.15, 0.2) is 0 Å². The molecule has 3 aromatic rings. The zero-order chi connectivity index (χ0) is 21.1. The molecule has 0 saturated heterocycles. The number of anilines is 1. The lowest BCUT2D eigenvalue weighted by Gasteiger charge is -2.13. The van der Waals surface area contributed by atoms with Gasteiger partial charge < -0.3 is 5.32 Å². The Hall–Kier alpha value is -2.77. The van der Waals surface area contributed by atoms with E-state index in [-0.39, 0.29) is 10.8 Å². The van der Waals surface area contributed by atoms with Crippen LogP contribution in [0.15, 0.2) is 53.4 Å². The van der Waals surface area contributed by atoms with E-state index in [0.29, 0.717) is 17.8 Å². The highest BCUT2D eigenvalue weighted by Gasteiger charge is 2.24. The Balaban J connectivity index is 1.65. The van der Waals surface area contributed by atoms with Gasteiger partial charge in [-0.25, -0.2) is 13.1 Å². The molecular formula is C23H25N3O3S. The first kappa shape index (κ1) is 20.5. The largest absolute Gasteiger partial charge is 0.322 e. The Morgan fingerprint density at radius 3 is 2.77 bits per heavy atom. The van der Waals surface area contributed by atoms with Crippen LogP contribution < -0.4 is 10.0 Å². The second-order valence-corrected chi connectivity index (χ2v) is 9.28. The monoisotopic (exact) mass is 423 g/mol. The third kappa shape index (κ3) is 4.08. The predicted molar refractivity (Wildman–Crippen MR) is 118 cm³/mol. The number of aryl methyl sites for hydroxylation is 1. The summed E-state index contributed by atoms with van der Waals surface area (Å²) in [4.78, 5) is 18.1. The molecule has 2 N–H and O–H groups in total. The number of pyridine rings is 1. The van der Waals surface area contributed by atoms with E-state index < -0.39 is 10.0 Å². The van der Waals surface area contributed by atoms with E-state index in [1.54, 1.807) is 12.1 Å². The average Bonchev–Trinajstić information content (AvgIpc) is 3.20. The van der Waals surface area contributed by atoms with Crippen molar-refractivity contribution in [2.75, 3.05) is 11.9 Å². The van der Waals surface area contributed by atoms with Crippen molar-refractivity contribution in [2.45, 2.75) is 43.9 Å². The van der Waals surface area contributed by atoms with E-state index in [1.165, 1.54) is 12.1 Å². The molecule has 0 radical (unpaired) electrons. The number of amides is 1. The zero-order valence-corrected chi connectivity index (χ0v) is 17.8. The van der Waals surface area contributed by atoms with Crippen molar-refractivity contribution in [3.8, 4) is 0 Å².